The summed E-state index contributed by atoms with van der Waals surface area (Å²) >= 11 is 1.47. The van der Waals surface area contributed by atoms with Gasteiger partial charge in [0.15, 0.2) is 5.69 Å². The van der Waals surface area contributed by atoms with Crippen LogP contribution in [-0.2, 0) is 6.42 Å². The molecule has 0 atom stereocenters. The van der Waals surface area contributed by atoms with Gasteiger partial charge in [0.2, 0.25) is 0 Å². The van der Waals surface area contributed by atoms with Crippen molar-refractivity contribution < 1.29 is 14.3 Å². The predicted molar refractivity (Wildman–Crippen MR) is 130 cm³/mol. The van der Waals surface area contributed by atoms with Crippen molar-refractivity contribution in [3.8, 4) is 27.4 Å². The van der Waals surface area contributed by atoms with Crippen LogP contribution >= 0.6 is 11.3 Å². The maximum Gasteiger partial charge on any atom is 0.269 e. The zero-order valence-corrected chi connectivity index (χ0v) is 18.9. The van der Waals surface area contributed by atoms with E-state index in [1.165, 1.54) is 23.5 Å². The topological polar surface area (TPSA) is 102 Å². The van der Waals surface area contributed by atoms with E-state index in [1.54, 1.807) is 30.5 Å². The van der Waals surface area contributed by atoms with Crippen molar-refractivity contribution >= 4 is 28.3 Å². The van der Waals surface area contributed by atoms with Crippen LogP contribution in [0.1, 0.15) is 26.6 Å². The highest BCUT2D eigenvalue weighted by atomic mass is 32.1. The highest BCUT2D eigenvalue weighted by Gasteiger charge is 2.18. The Hall–Kier alpha value is -4.17. The van der Waals surface area contributed by atoms with Gasteiger partial charge in [-0.2, -0.15) is 0 Å². The van der Waals surface area contributed by atoms with Crippen LogP contribution < -0.4 is 5.73 Å². The number of aromatic hydroxyl groups is 1. The van der Waals surface area contributed by atoms with Gasteiger partial charge in [0.25, 0.3) is 5.91 Å². The molecule has 3 N–H and O–H groups in total. The Kier molecular flexibility index (Phi) is 5.51. The number of fused-ring (bicyclic) bond motifs is 1. The number of primary amides is 1. The molecule has 168 valence electrons. The van der Waals surface area contributed by atoms with Gasteiger partial charge in [-0.3, -0.25) is 4.79 Å². The summed E-state index contributed by atoms with van der Waals surface area (Å²) in [5.41, 5.74) is 10.6. The van der Waals surface area contributed by atoms with Gasteiger partial charge in [0.05, 0.1) is 16.7 Å². The average Bonchev–Trinajstić information content (AvgIpc) is 3.29. The molecule has 0 saturated heterocycles. The smallest absolute Gasteiger partial charge is 0.269 e. The molecule has 0 aliphatic rings. The van der Waals surface area contributed by atoms with E-state index in [0.29, 0.717) is 23.1 Å². The van der Waals surface area contributed by atoms with E-state index >= 15 is 0 Å². The number of aryl methyl sites for hydroxylation is 1. The summed E-state index contributed by atoms with van der Waals surface area (Å²) in [6.07, 6.45) is 2.07. The average molecular weight is 471 g/mol. The Labute approximate surface area is 198 Å². The van der Waals surface area contributed by atoms with E-state index in [1.807, 2.05) is 31.2 Å². The highest BCUT2D eigenvalue weighted by Crippen LogP contribution is 2.31. The van der Waals surface area contributed by atoms with Crippen molar-refractivity contribution in [1.82, 2.24) is 15.0 Å². The summed E-state index contributed by atoms with van der Waals surface area (Å²) in [6.45, 7) is 1.83. The summed E-state index contributed by atoms with van der Waals surface area (Å²) in [6, 6.07) is 16.9. The number of aromatic nitrogens is 3. The number of nitrogens with two attached hydrogens (primary N) is 1. The molecule has 0 radical (unpaired) electrons. The predicted octanol–water partition coefficient (Wildman–Crippen LogP) is 5.26. The van der Waals surface area contributed by atoms with E-state index in [9.17, 15) is 14.3 Å². The summed E-state index contributed by atoms with van der Waals surface area (Å²) in [4.78, 5) is 26.9. The third kappa shape index (κ3) is 4.11. The molecule has 0 aliphatic carbocycles. The lowest BCUT2D eigenvalue weighted by Gasteiger charge is -2.10. The molecule has 34 heavy (non-hydrogen) atoms. The minimum Gasteiger partial charge on any atom is -0.508 e. The fourth-order valence-corrected chi connectivity index (χ4v) is 4.68. The lowest BCUT2D eigenvalue weighted by atomic mass is 10.0. The molecule has 2 aromatic heterocycles. The fraction of sp³-hybridized carbons (Fsp3) is 0.0769. The van der Waals surface area contributed by atoms with Gasteiger partial charge >= 0.3 is 0 Å². The number of carbonyl (C=O) groups is 1. The second-order valence-electron chi connectivity index (χ2n) is 7.87. The van der Waals surface area contributed by atoms with Crippen molar-refractivity contribution in [3.05, 3.63) is 94.5 Å². The van der Waals surface area contributed by atoms with E-state index in [4.69, 9.17) is 10.7 Å². The quantitative estimate of drug-likeness (QED) is 0.365. The summed E-state index contributed by atoms with van der Waals surface area (Å²) < 4.78 is 13.4. The molecule has 6 nitrogen and oxygen atoms in total. The highest BCUT2D eigenvalue weighted by molar-refractivity contribution is 7.15. The Bertz CT molecular complexity index is 1550. The number of carbonyl (C=O) groups excluding carboxylic acids is 1. The van der Waals surface area contributed by atoms with Crippen LogP contribution in [0.3, 0.4) is 0 Å². The first-order valence-corrected chi connectivity index (χ1v) is 11.3. The standard InChI is InChI=1S/C26H19FN4O2S/c1-14-11-16(7-10-22(14)32)26-29-13-18(34-26)12-21-24(25(28)33)30-20-4-2-3-19(23(20)31-21)15-5-8-17(27)9-6-15/h2-11,13,32H,12H2,1H3,(H2,28,33). The molecular weight excluding hydrogens is 451 g/mol. The number of phenolic OH excluding ortho intramolecular Hbond substituents is 1. The number of amides is 1. The molecule has 5 rings (SSSR count). The lowest BCUT2D eigenvalue weighted by Crippen LogP contribution is -2.17. The van der Waals surface area contributed by atoms with Crippen molar-refractivity contribution in [2.45, 2.75) is 13.3 Å². The fourth-order valence-electron chi connectivity index (χ4n) is 3.77. The minimum atomic E-state index is -0.657. The van der Waals surface area contributed by atoms with E-state index in [2.05, 4.69) is 9.97 Å². The zero-order chi connectivity index (χ0) is 23.8. The largest absolute Gasteiger partial charge is 0.508 e. The molecule has 2 heterocycles. The summed E-state index contributed by atoms with van der Waals surface area (Å²) in [5, 5.41) is 10.6. The third-order valence-electron chi connectivity index (χ3n) is 5.49. The number of hydrogen-bond donors (Lipinski definition) is 2. The molecule has 0 saturated carbocycles. The van der Waals surface area contributed by atoms with Gasteiger partial charge in [0, 0.05) is 28.6 Å². The van der Waals surface area contributed by atoms with Gasteiger partial charge in [-0.1, -0.05) is 24.3 Å². The first kappa shape index (κ1) is 21.7. The number of nitrogens with zero attached hydrogens (tertiary/aromatic N) is 3. The van der Waals surface area contributed by atoms with Crippen LogP contribution in [0.2, 0.25) is 0 Å². The number of para-hydroxylation sites is 1. The first-order valence-electron chi connectivity index (χ1n) is 10.5. The van der Waals surface area contributed by atoms with Crippen LogP contribution in [-0.4, -0.2) is 26.0 Å². The van der Waals surface area contributed by atoms with Gasteiger partial charge in [-0.25, -0.2) is 19.3 Å². The minimum absolute atomic E-state index is 0.110. The third-order valence-corrected chi connectivity index (χ3v) is 6.54. The molecule has 1 amide bonds. The van der Waals surface area contributed by atoms with Gasteiger partial charge in [-0.05, 0) is 54.4 Å². The maximum atomic E-state index is 13.4. The second kappa shape index (κ2) is 8.64. The Morgan fingerprint density at radius 1 is 1.06 bits per heavy atom. The van der Waals surface area contributed by atoms with Crippen LogP contribution in [0.15, 0.2) is 66.9 Å². The van der Waals surface area contributed by atoms with Gasteiger partial charge < -0.3 is 10.8 Å². The molecule has 5 aromatic rings. The monoisotopic (exact) mass is 470 g/mol. The number of benzene rings is 3. The SMILES string of the molecule is Cc1cc(-c2ncc(Cc3nc4c(-c5ccc(F)cc5)cccc4nc3C(N)=O)s2)ccc1O. The molecule has 0 unspecified atom stereocenters. The number of thiazole rings is 1. The summed E-state index contributed by atoms with van der Waals surface area (Å²) in [7, 11) is 0. The molecule has 8 heteroatoms. The van der Waals surface area contributed by atoms with Gasteiger partial charge in [-0.15, -0.1) is 11.3 Å². The van der Waals surface area contributed by atoms with Crippen molar-refractivity contribution in [2.75, 3.05) is 0 Å². The van der Waals surface area contributed by atoms with Crippen LogP contribution in [0, 0.1) is 12.7 Å². The number of hydrogen-bond acceptors (Lipinski definition) is 6. The maximum absolute atomic E-state index is 13.4. The normalized spacial score (nSPS) is 11.1. The number of phenols is 1. The van der Waals surface area contributed by atoms with Crippen molar-refractivity contribution in [1.29, 1.82) is 0 Å². The van der Waals surface area contributed by atoms with Crippen LogP contribution in [0.4, 0.5) is 4.39 Å². The van der Waals surface area contributed by atoms with Gasteiger partial charge in [0.1, 0.15) is 16.6 Å². The van der Waals surface area contributed by atoms with Crippen molar-refractivity contribution in [3.63, 3.8) is 0 Å². The number of halogens is 1. The molecule has 0 spiro atoms. The Morgan fingerprint density at radius 3 is 2.56 bits per heavy atom. The van der Waals surface area contributed by atoms with Crippen LogP contribution in [0.25, 0.3) is 32.7 Å². The molecule has 0 fully saturated rings. The summed E-state index contributed by atoms with van der Waals surface area (Å²) in [5.74, 6) is -0.748. The lowest BCUT2D eigenvalue weighted by molar-refractivity contribution is 0.0994. The van der Waals surface area contributed by atoms with Crippen LogP contribution in [0.5, 0.6) is 5.75 Å². The Balaban J connectivity index is 1.57. The molecule has 0 bridgehead atoms. The zero-order valence-electron chi connectivity index (χ0n) is 18.1. The van der Waals surface area contributed by atoms with E-state index in [0.717, 1.165) is 32.1 Å². The van der Waals surface area contributed by atoms with E-state index < -0.39 is 5.91 Å². The molecule has 0 aliphatic heterocycles. The van der Waals surface area contributed by atoms with E-state index in [-0.39, 0.29) is 17.3 Å². The molecular formula is C26H19FN4O2S. The Morgan fingerprint density at radius 2 is 1.82 bits per heavy atom. The van der Waals surface area contributed by atoms with Crippen molar-refractivity contribution in [2.24, 2.45) is 5.73 Å². The number of rotatable bonds is 5. The first-order chi connectivity index (χ1) is 16.4. The molecule has 3 aromatic carbocycles. The second-order valence-corrected chi connectivity index (χ2v) is 8.99.